The molecule has 4 heterocycles. The van der Waals surface area contributed by atoms with E-state index >= 15 is 0 Å². The molecule has 0 unspecified atom stereocenters. The van der Waals surface area contributed by atoms with E-state index in [1.54, 1.807) is 0 Å². The van der Waals surface area contributed by atoms with Crippen LogP contribution in [-0.4, -0.2) is 18.8 Å². The molecule has 0 saturated heterocycles. The molecule has 11 rings (SSSR count). The van der Waals surface area contributed by atoms with Crippen molar-refractivity contribution in [3.63, 3.8) is 0 Å². The van der Waals surface area contributed by atoms with Crippen molar-refractivity contribution < 1.29 is 0 Å². The molecule has 0 radical (unpaired) electrons. The molecule has 0 aliphatic heterocycles. The van der Waals surface area contributed by atoms with E-state index < -0.39 is 0 Å². The number of nitrogens with zero attached hydrogens (tertiary/aromatic N) is 4. The lowest BCUT2D eigenvalue weighted by molar-refractivity contribution is 1.18. The number of hydrogen-bond donors (Lipinski definition) is 0. The molecule has 7 aromatic carbocycles. The summed E-state index contributed by atoms with van der Waals surface area (Å²) in [5.41, 5.74) is 12.0. The molecular formula is C46H28N4. The Morgan fingerprint density at radius 1 is 0.300 bits per heavy atom. The molecule has 4 heteroatoms. The Morgan fingerprint density at radius 3 is 1.22 bits per heavy atom. The lowest BCUT2D eigenvalue weighted by atomic mass is 10.0. The van der Waals surface area contributed by atoms with E-state index in [0.717, 1.165) is 49.9 Å². The molecule has 232 valence electrons. The van der Waals surface area contributed by atoms with Crippen LogP contribution in [0.3, 0.4) is 0 Å². The van der Waals surface area contributed by atoms with Gasteiger partial charge in [0.2, 0.25) is 0 Å². The van der Waals surface area contributed by atoms with Crippen LogP contribution < -0.4 is 0 Å². The lowest BCUT2D eigenvalue weighted by Gasteiger charge is -2.13. The molecule has 0 aliphatic carbocycles. The minimum atomic E-state index is 0.698. The second-order valence-corrected chi connectivity index (χ2v) is 13.0. The van der Waals surface area contributed by atoms with Gasteiger partial charge in [0.05, 0.1) is 44.5 Å². The van der Waals surface area contributed by atoms with Gasteiger partial charge in [-0.1, -0.05) is 127 Å². The first-order chi connectivity index (χ1) is 24.8. The van der Waals surface area contributed by atoms with Crippen molar-refractivity contribution >= 4 is 65.4 Å². The molecule has 0 fully saturated rings. The predicted octanol–water partition coefficient (Wildman–Crippen LogP) is 11.7. The number of fused-ring (bicyclic) bond motifs is 11. The Balaban J connectivity index is 1.33. The zero-order valence-corrected chi connectivity index (χ0v) is 27.0. The summed E-state index contributed by atoms with van der Waals surface area (Å²) in [7, 11) is 0. The SMILES string of the molecule is c1ccc(-c2cc(-c3ccccc3)nc(-c3ccc4c(c3)c3ccccc3n3c5ccccc5c5ccc6c7ccccc7n4c6c53)n2)cc1. The van der Waals surface area contributed by atoms with Gasteiger partial charge in [0.1, 0.15) is 0 Å². The Labute approximate surface area is 287 Å². The number of rotatable bonds is 3. The van der Waals surface area contributed by atoms with Gasteiger partial charge >= 0.3 is 0 Å². The summed E-state index contributed by atoms with van der Waals surface area (Å²) in [6.07, 6.45) is 0. The number of benzene rings is 7. The third kappa shape index (κ3) is 3.81. The zero-order chi connectivity index (χ0) is 32.8. The molecule has 0 amide bonds. The molecule has 4 nitrogen and oxygen atoms in total. The van der Waals surface area contributed by atoms with Crippen LogP contribution in [-0.2, 0) is 0 Å². The maximum absolute atomic E-state index is 5.20. The summed E-state index contributed by atoms with van der Waals surface area (Å²) in [6.45, 7) is 0. The Kier molecular flexibility index (Phi) is 5.63. The van der Waals surface area contributed by atoms with E-state index in [2.05, 4.69) is 167 Å². The van der Waals surface area contributed by atoms with E-state index in [-0.39, 0.29) is 0 Å². The van der Waals surface area contributed by atoms with Crippen LogP contribution in [0.4, 0.5) is 0 Å². The second-order valence-electron chi connectivity index (χ2n) is 13.0. The molecule has 50 heavy (non-hydrogen) atoms. The molecule has 0 N–H and O–H groups in total. The molecule has 0 aliphatic rings. The predicted molar refractivity (Wildman–Crippen MR) is 208 cm³/mol. The van der Waals surface area contributed by atoms with E-state index in [9.17, 15) is 0 Å². The van der Waals surface area contributed by atoms with Crippen molar-refractivity contribution in [2.45, 2.75) is 0 Å². The van der Waals surface area contributed by atoms with Crippen LogP contribution in [0.1, 0.15) is 0 Å². The third-order valence-electron chi connectivity index (χ3n) is 10.3. The van der Waals surface area contributed by atoms with Gasteiger partial charge in [-0.3, -0.25) is 0 Å². The average Bonchev–Trinajstić information content (AvgIpc) is 3.70. The fourth-order valence-electron chi connectivity index (χ4n) is 8.07. The summed E-state index contributed by atoms with van der Waals surface area (Å²) in [5.74, 6) is 0.698. The monoisotopic (exact) mass is 636 g/mol. The normalized spacial score (nSPS) is 12.0. The number of aromatic nitrogens is 4. The highest BCUT2D eigenvalue weighted by Crippen LogP contribution is 2.42. The Bertz CT molecular complexity index is 3080. The quantitative estimate of drug-likeness (QED) is 0.193. The first kappa shape index (κ1) is 27.2. The summed E-state index contributed by atoms with van der Waals surface area (Å²) in [4.78, 5) is 10.4. The van der Waals surface area contributed by atoms with Crippen molar-refractivity contribution in [2.24, 2.45) is 0 Å². The van der Waals surface area contributed by atoms with E-state index in [1.807, 2.05) is 12.1 Å². The first-order valence-electron chi connectivity index (χ1n) is 17.0. The van der Waals surface area contributed by atoms with Crippen molar-refractivity contribution in [1.82, 2.24) is 18.8 Å². The molecule has 0 saturated carbocycles. The first-order valence-corrected chi connectivity index (χ1v) is 17.0. The van der Waals surface area contributed by atoms with E-state index in [4.69, 9.17) is 9.97 Å². The minimum Gasteiger partial charge on any atom is -0.307 e. The highest BCUT2D eigenvalue weighted by molar-refractivity contribution is 6.25. The van der Waals surface area contributed by atoms with Gasteiger partial charge in [-0.15, -0.1) is 0 Å². The van der Waals surface area contributed by atoms with E-state index in [1.165, 1.54) is 43.6 Å². The molecular weight excluding hydrogens is 609 g/mol. The van der Waals surface area contributed by atoms with Crippen molar-refractivity contribution in [3.8, 4) is 33.9 Å². The smallest absolute Gasteiger partial charge is 0.160 e. The summed E-state index contributed by atoms with van der Waals surface area (Å²) in [5, 5.41) is 7.30. The van der Waals surface area contributed by atoms with Crippen LogP contribution in [0.2, 0.25) is 0 Å². The summed E-state index contributed by atoms with van der Waals surface area (Å²) in [6, 6.07) is 60.6. The maximum Gasteiger partial charge on any atom is 0.160 e. The summed E-state index contributed by atoms with van der Waals surface area (Å²) < 4.78 is 4.96. The van der Waals surface area contributed by atoms with Crippen molar-refractivity contribution in [1.29, 1.82) is 0 Å². The van der Waals surface area contributed by atoms with Gasteiger partial charge in [0.15, 0.2) is 5.82 Å². The minimum absolute atomic E-state index is 0.698. The fourth-order valence-corrected chi connectivity index (χ4v) is 8.07. The highest BCUT2D eigenvalue weighted by Gasteiger charge is 2.20. The number of para-hydroxylation sites is 3. The topological polar surface area (TPSA) is 34.6 Å². The summed E-state index contributed by atoms with van der Waals surface area (Å²) >= 11 is 0. The van der Waals surface area contributed by atoms with Crippen LogP contribution in [0.15, 0.2) is 170 Å². The molecule has 11 aromatic rings. The molecule has 0 bridgehead atoms. The zero-order valence-electron chi connectivity index (χ0n) is 27.0. The van der Waals surface area contributed by atoms with Crippen molar-refractivity contribution in [2.75, 3.05) is 0 Å². The van der Waals surface area contributed by atoms with Gasteiger partial charge in [0, 0.05) is 49.0 Å². The third-order valence-corrected chi connectivity index (χ3v) is 10.3. The molecule has 0 atom stereocenters. The average molecular weight is 637 g/mol. The molecule has 0 spiro atoms. The van der Waals surface area contributed by atoms with Crippen LogP contribution in [0.25, 0.3) is 99.3 Å². The molecule has 4 aromatic heterocycles. The largest absolute Gasteiger partial charge is 0.307 e. The second kappa shape index (κ2) is 10.4. The van der Waals surface area contributed by atoms with Gasteiger partial charge in [-0.05, 0) is 42.5 Å². The van der Waals surface area contributed by atoms with Crippen LogP contribution in [0.5, 0.6) is 0 Å². The van der Waals surface area contributed by atoms with Gasteiger partial charge in [0.25, 0.3) is 0 Å². The van der Waals surface area contributed by atoms with Gasteiger partial charge in [-0.2, -0.15) is 0 Å². The van der Waals surface area contributed by atoms with Crippen molar-refractivity contribution in [3.05, 3.63) is 170 Å². The maximum atomic E-state index is 5.20. The van der Waals surface area contributed by atoms with Crippen LogP contribution in [0, 0.1) is 0 Å². The Morgan fingerprint density at radius 2 is 0.720 bits per heavy atom. The van der Waals surface area contributed by atoms with Gasteiger partial charge < -0.3 is 8.80 Å². The number of hydrogen-bond acceptors (Lipinski definition) is 2. The van der Waals surface area contributed by atoms with Gasteiger partial charge in [-0.25, -0.2) is 9.97 Å². The Hall–Kier alpha value is -6.78. The fraction of sp³-hybridized carbons (Fsp3) is 0. The lowest BCUT2D eigenvalue weighted by Crippen LogP contribution is -1.97. The highest BCUT2D eigenvalue weighted by atomic mass is 15.0. The standard InChI is InChI=1S/C46H28N4/c1-3-13-29(14-4-1)38-28-39(30-15-5-2-6-16-30)48-46(47-38)31-23-26-43-37(27-31)34-19-9-12-22-42(34)49-40-20-10-7-17-32(40)35-24-25-36-33-18-8-11-21-41(33)50(43)45(36)44(35)49/h1-28H. The van der Waals surface area contributed by atoms with E-state index in [0.29, 0.717) is 5.82 Å². The van der Waals surface area contributed by atoms with Crippen LogP contribution >= 0.6 is 0 Å².